The Morgan fingerprint density at radius 3 is 2.35 bits per heavy atom. The molecule has 26 heavy (non-hydrogen) atoms. The third kappa shape index (κ3) is 5.87. The van der Waals surface area contributed by atoms with Gasteiger partial charge in [0, 0.05) is 0 Å². The Balaban J connectivity index is 1.78. The van der Waals surface area contributed by atoms with Crippen LogP contribution in [0.4, 0.5) is 17.6 Å². The Labute approximate surface area is 149 Å². The SMILES string of the molecule is N#CC(F)=CCCC1CCC(OC(=O)c2ccc(C(F)(F)F)cc2)CC1. The average molecular weight is 369 g/mol. The second kappa shape index (κ2) is 8.84. The highest BCUT2D eigenvalue weighted by atomic mass is 19.4. The van der Waals surface area contributed by atoms with E-state index in [0.717, 1.165) is 43.5 Å². The first-order valence-electron chi connectivity index (χ1n) is 8.43. The number of benzene rings is 1. The topological polar surface area (TPSA) is 50.1 Å². The molecule has 140 valence electrons. The van der Waals surface area contributed by atoms with E-state index in [4.69, 9.17) is 10.00 Å². The molecule has 1 aliphatic rings. The Morgan fingerprint density at radius 2 is 1.81 bits per heavy atom. The monoisotopic (exact) mass is 369 g/mol. The maximum absolute atomic E-state index is 12.7. The fourth-order valence-corrected chi connectivity index (χ4v) is 3.04. The van der Waals surface area contributed by atoms with Gasteiger partial charge < -0.3 is 4.74 Å². The van der Waals surface area contributed by atoms with Gasteiger partial charge in [-0.2, -0.15) is 22.8 Å². The van der Waals surface area contributed by atoms with Gasteiger partial charge in [0.25, 0.3) is 0 Å². The van der Waals surface area contributed by atoms with Crippen LogP contribution in [0, 0.1) is 17.2 Å². The van der Waals surface area contributed by atoms with Gasteiger partial charge >= 0.3 is 12.1 Å². The number of rotatable bonds is 5. The molecule has 0 bridgehead atoms. The lowest BCUT2D eigenvalue weighted by Crippen LogP contribution is -2.24. The molecule has 0 aliphatic heterocycles. The Bertz CT molecular complexity index is 681. The number of allylic oxidation sites excluding steroid dienone is 2. The van der Waals surface area contributed by atoms with Crippen molar-refractivity contribution in [2.45, 2.75) is 50.8 Å². The normalized spacial score (nSPS) is 21.1. The molecule has 2 rings (SSSR count). The molecular formula is C19H19F4NO2. The molecular weight excluding hydrogens is 350 g/mol. The maximum Gasteiger partial charge on any atom is 0.416 e. The van der Waals surface area contributed by atoms with Crippen molar-refractivity contribution in [3.8, 4) is 6.07 Å². The molecule has 0 radical (unpaired) electrons. The second-order valence-electron chi connectivity index (χ2n) is 6.36. The van der Waals surface area contributed by atoms with Crippen LogP contribution < -0.4 is 0 Å². The van der Waals surface area contributed by atoms with E-state index in [1.165, 1.54) is 12.1 Å². The molecule has 3 nitrogen and oxygen atoms in total. The minimum atomic E-state index is -4.44. The van der Waals surface area contributed by atoms with Gasteiger partial charge in [0.2, 0.25) is 0 Å². The zero-order chi connectivity index (χ0) is 19.2. The maximum atomic E-state index is 12.7. The number of esters is 1. The van der Waals surface area contributed by atoms with E-state index >= 15 is 0 Å². The number of carbonyl (C=O) groups is 1. The lowest BCUT2D eigenvalue weighted by Gasteiger charge is -2.28. The van der Waals surface area contributed by atoms with Gasteiger partial charge in [-0.15, -0.1) is 0 Å². The molecule has 0 aromatic heterocycles. The van der Waals surface area contributed by atoms with Crippen molar-refractivity contribution in [1.82, 2.24) is 0 Å². The molecule has 1 saturated carbocycles. The minimum Gasteiger partial charge on any atom is -0.459 e. The summed E-state index contributed by atoms with van der Waals surface area (Å²) in [6.45, 7) is 0. The molecule has 0 saturated heterocycles. The first-order chi connectivity index (χ1) is 12.3. The summed E-state index contributed by atoms with van der Waals surface area (Å²) in [6.07, 6.45) is 0.841. The molecule has 0 heterocycles. The van der Waals surface area contributed by atoms with Crippen LogP contribution in [0.3, 0.4) is 0 Å². The number of nitriles is 1. The third-order valence-electron chi connectivity index (χ3n) is 4.52. The van der Waals surface area contributed by atoms with Gasteiger partial charge in [0.1, 0.15) is 12.2 Å². The smallest absolute Gasteiger partial charge is 0.416 e. The summed E-state index contributed by atoms with van der Waals surface area (Å²) in [5.41, 5.74) is -0.714. The lowest BCUT2D eigenvalue weighted by molar-refractivity contribution is -0.137. The highest BCUT2D eigenvalue weighted by Gasteiger charge is 2.30. The summed E-state index contributed by atoms with van der Waals surface area (Å²) in [6, 6.07) is 5.39. The quantitative estimate of drug-likeness (QED) is 0.387. The number of halogens is 4. The van der Waals surface area contributed by atoms with Crippen LogP contribution in [0.15, 0.2) is 36.2 Å². The van der Waals surface area contributed by atoms with Crippen LogP contribution in [-0.4, -0.2) is 12.1 Å². The van der Waals surface area contributed by atoms with Crippen molar-refractivity contribution in [2.24, 2.45) is 5.92 Å². The van der Waals surface area contributed by atoms with E-state index in [1.807, 2.05) is 0 Å². The molecule has 1 aromatic rings. The van der Waals surface area contributed by atoms with E-state index in [2.05, 4.69) is 0 Å². The molecule has 1 aliphatic carbocycles. The van der Waals surface area contributed by atoms with Crippen LogP contribution in [0.2, 0.25) is 0 Å². The molecule has 1 aromatic carbocycles. The van der Waals surface area contributed by atoms with Crippen molar-refractivity contribution in [1.29, 1.82) is 5.26 Å². The molecule has 0 atom stereocenters. The Morgan fingerprint density at radius 1 is 1.19 bits per heavy atom. The Hall–Kier alpha value is -2.36. The summed E-state index contributed by atoms with van der Waals surface area (Å²) >= 11 is 0. The van der Waals surface area contributed by atoms with Crippen LogP contribution in [0.25, 0.3) is 0 Å². The van der Waals surface area contributed by atoms with Gasteiger partial charge in [-0.1, -0.05) is 0 Å². The first-order valence-corrected chi connectivity index (χ1v) is 8.43. The van der Waals surface area contributed by atoms with Gasteiger partial charge in [-0.25, -0.2) is 4.79 Å². The largest absolute Gasteiger partial charge is 0.459 e. The lowest BCUT2D eigenvalue weighted by atomic mass is 9.84. The summed E-state index contributed by atoms with van der Waals surface area (Å²) < 4.78 is 55.7. The number of hydrogen-bond acceptors (Lipinski definition) is 3. The predicted molar refractivity (Wildman–Crippen MR) is 86.6 cm³/mol. The van der Waals surface area contributed by atoms with Crippen molar-refractivity contribution in [3.05, 3.63) is 47.3 Å². The molecule has 0 unspecified atom stereocenters. The van der Waals surface area contributed by atoms with Crippen molar-refractivity contribution in [3.63, 3.8) is 0 Å². The van der Waals surface area contributed by atoms with Gasteiger partial charge in [0.05, 0.1) is 11.1 Å². The van der Waals surface area contributed by atoms with Crippen LogP contribution >= 0.6 is 0 Å². The molecule has 0 N–H and O–H groups in total. The third-order valence-corrected chi connectivity index (χ3v) is 4.52. The number of ether oxygens (including phenoxy) is 1. The zero-order valence-electron chi connectivity index (χ0n) is 14.1. The van der Waals surface area contributed by atoms with Gasteiger partial charge in [-0.3, -0.25) is 0 Å². The minimum absolute atomic E-state index is 0.0947. The zero-order valence-corrected chi connectivity index (χ0v) is 14.1. The summed E-state index contributed by atoms with van der Waals surface area (Å²) in [7, 11) is 0. The van der Waals surface area contributed by atoms with E-state index in [9.17, 15) is 22.4 Å². The highest BCUT2D eigenvalue weighted by molar-refractivity contribution is 5.89. The van der Waals surface area contributed by atoms with E-state index in [-0.39, 0.29) is 11.7 Å². The molecule has 0 spiro atoms. The molecule has 0 amide bonds. The fourth-order valence-electron chi connectivity index (χ4n) is 3.04. The highest BCUT2D eigenvalue weighted by Crippen LogP contribution is 2.31. The first kappa shape index (κ1) is 20.0. The van der Waals surface area contributed by atoms with Crippen molar-refractivity contribution >= 4 is 5.97 Å². The summed E-state index contributed by atoms with van der Waals surface area (Å²) in [4.78, 5) is 12.1. The van der Waals surface area contributed by atoms with Gasteiger partial charge in [0.15, 0.2) is 5.83 Å². The van der Waals surface area contributed by atoms with Crippen LogP contribution in [0.5, 0.6) is 0 Å². The van der Waals surface area contributed by atoms with Crippen molar-refractivity contribution in [2.75, 3.05) is 0 Å². The number of hydrogen-bond donors (Lipinski definition) is 0. The van der Waals surface area contributed by atoms with E-state index in [0.29, 0.717) is 25.2 Å². The fraction of sp³-hybridized carbons (Fsp3) is 0.474. The number of alkyl halides is 3. The van der Waals surface area contributed by atoms with E-state index in [1.54, 1.807) is 0 Å². The van der Waals surface area contributed by atoms with Crippen LogP contribution in [0.1, 0.15) is 54.4 Å². The van der Waals surface area contributed by atoms with Crippen LogP contribution in [-0.2, 0) is 10.9 Å². The number of carbonyl (C=O) groups excluding carboxylic acids is 1. The summed E-state index contributed by atoms with van der Waals surface area (Å²) in [5.74, 6) is -1.01. The van der Waals surface area contributed by atoms with Gasteiger partial charge in [-0.05, 0) is 74.8 Å². The molecule has 1 fully saturated rings. The second-order valence-corrected chi connectivity index (χ2v) is 6.36. The predicted octanol–water partition coefficient (Wildman–Crippen LogP) is 5.58. The molecule has 7 heteroatoms. The Kier molecular flexibility index (Phi) is 6.78. The number of nitrogens with zero attached hydrogens (tertiary/aromatic N) is 1. The van der Waals surface area contributed by atoms with Crippen molar-refractivity contribution < 1.29 is 27.1 Å². The summed E-state index contributed by atoms with van der Waals surface area (Å²) in [5, 5.41) is 8.34. The average Bonchev–Trinajstić information content (AvgIpc) is 2.62. The standard InChI is InChI=1S/C19H19F4NO2/c20-16(12-24)3-1-2-13-4-10-17(11-5-13)26-18(25)14-6-8-15(9-7-14)19(21,22)23/h3,6-9,13,17H,1-2,4-5,10-11H2. The van der Waals surface area contributed by atoms with E-state index < -0.39 is 23.5 Å².